The van der Waals surface area contributed by atoms with E-state index in [-0.39, 0.29) is 16.7 Å². The minimum absolute atomic E-state index is 0.139. The lowest BCUT2D eigenvalue weighted by atomic mass is 10.1. The Hall–Kier alpha value is -2.71. The monoisotopic (exact) mass is 427 g/mol. The highest BCUT2D eigenvalue weighted by molar-refractivity contribution is 7.89. The fraction of sp³-hybridized carbons (Fsp3) is 0.364. The van der Waals surface area contributed by atoms with Crippen LogP contribution in [0.3, 0.4) is 0 Å². The maximum Gasteiger partial charge on any atom is 0.251 e. The van der Waals surface area contributed by atoms with Crippen molar-refractivity contribution in [1.29, 1.82) is 0 Å². The minimum Gasteiger partial charge on any atom is -0.348 e. The van der Waals surface area contributed by atoms with Crippen molar-refractivity contribution < 1.29 is 18.0 Å². The molecule has 2 amide bonds. The number of amides is 2. The van der Waals surface area contributed by atoms with Gasteiger partial charge in [-0.2, -0.15) is 4.31 Å². The van der Waals surface area contributed by atoms with E-state index in [0.717, 1.165) is 37.1 Å². The van der Waals surface area contributed by atoms with E-state index < -0.39 is 10.0 Å². The quantitative estimate of drug-likeness (QED) is 0.768. The van der Waals surface area contributed by atoms with Crippen molar-refractivity contribution in [2.45, 2.75) is 37.1 Å². The van der Waals surface area contributed by atoms with Crippen LogP contribution in [0.25, 0.3) is 0 Å². The predicted molar refractivity (Wildman–Crippen MR) is 114 cm³/mol. The van der Waals surface area contributed by atoms with Crippen LogP contribution >= 0.6 is 0 Å². The van der Waals surface area contributed by atoms with Gasteiger partial charge in [-0.1, -0.05) is 18.2 Å². The van der Waals surface area contributed by atoms with E-state index in [4.69, 9.17) is 0 Å². The molecular formula is C22H25N3O4S. The zero-order chi connectivity index (χ0) is 21.1. The summed E-state index contributed by atoms with van der Waals surface area (Å²) in [4.78, 5) is 26.3. The van der Waals surface area contributed by atoms with Crippen LogP contribution in [0, 0.1) is 0 Å². The Balaban J connectivity index is 1.40. The molecule has 0 atom stereocenters. The number of carbonyl (C=O) groups excluding carboxylic acids is 2. The Morgan fingerprint density at radius 2 is 1.70 bits per heavy atom. The summed E-state index contributed by atoms with van der Waals surface area (Å²) < 4.78 is 26.9. The fourth-order valence-corrected chi connectivity index (χ4v) is 5.44. The predicted octanol–water partition coefficient (Wildman–Crippen LogP) is 2.53. The van der Waals surface area contributed by atoms with Crippen LogP contribution in [-0.4, -0.2) is 44.2 Å². The molecular weight excluding hydrogens is 402 g/mol. The number of anilines is 1. The lowest BCUT2D eigenvalue weighted by Crippen LogP contribution is -2.28. The normalized spacial score (nSPS) is 17.5. The van der Waals surface area contributed by atoms with Gasteiger partial charge < -0.3 is 10.2 Å². The van der Waals surface area contributed by atoms with Gasteiger partial charge >= 0.3 is 0 Å². The third-order valence-electron chi connectivity index (χ3n) is 5.57. The van der Waals surface area contributed by atoms with Crippen LogP contribution in [-0.2, 0) is 21.4 Å². The molecule has 8 heteroatoms. The van der Waals surface area contributed by atoms with Gasteiger partial charge in [0.2, 0.25) is 15.9 Å². The van der Waals surface area contributed by atoms with Gasteiger partial charge in [-0.05, 0) is 55.2 Å². The molecule has 0 unspecified atom stereocenters. The SMILES string of the molecule is O=C(NCc1ccc(N2CCCC2=O)cc1)c1cccc(S(=O)(=O)N2CCCC2)c1. The van der Waals surface area contributed by atoms with Crippen molar-refractivity contribution >= 4 is 27.5 Å². The molecule has 2 aromatic carbocycles. The van der Waals surface area contributed by atoms with E-state index in [9.17, 15) is 18.0 Å². The molecule has 2 saturated heterocycles. The van der Waals surface area contributed by atoms with Gasteiger partial charge in [0, 0.05) is 43.9 Å². The number of benzene rings is 2. The molecule has 7 nitrogen and oxygen atoms in total. The van der Waals surface area contributed by atoms with Crippen molar-refractivity contribution in [3.63, 3.8) is 0 Å². The molecule has 0 saturated carbocycles. The lowest BCUT2D eigenvalue weighted by Gasteiger charge is -2.16. The van der Waals surface area contributed by atoms with Crippen molar-refractivity contribution in [2.24, 2.45) is 0 Å². The van der Waals surface area contributed by atoms with Crippen LogP contribution in [0.5, 0.6) is 0 Å². The average Bonchev–Trinajstić information content (AvgIpc) is 3.45. The smallest absolute Gasteiger partial charge is 0.251 e. The second-order valence-electron chi connectivity index (χ2n) is 7.64. The molecule has 0 aliphatic carbocycles. The van der Waals surface area contributed by atoms with E-state index in [2.05, 4.69) is 5.32 Å². The van der Waals surface area contributed by atoms with Crippen LogP contribution in [0.15, 0.2) is 53.4 Å². The van der Waals surface area contributed by atoms with Gasteiger partial charge in [-0.25, -0.2) is 8.42 Å². The van der Waals surface area contributed by atoms with E-state index in [0.29, 0.717) is 31.6 Å². The molecule has 0 bridgehead atoms. The Kier molecular flexibility index (Phi) is 5.87. The summed E-state index contributed by atoms with van der Waals surface area (Å²) in [6, 6.07) is 13.7. The largest absolute Gasteiger partial charge is 0.348 e. The molecule has 0 spiro atoms. The summed E-state index contributed by atoms with van der Waals surface area (Å²) in [5.41, 5.74) is 2.08. The molecule has 0 aromatic heterocycles. The first kappa shape index (κ1) is 20.6. The average molecular weight is 428 g/mol. The van der Waals surface area contributed by atoms with Crippen LogP contribution in [0.4, 0.5) is 5.69 Å². The van der Waals surface area contributed by atoms with Crippen molar-refractivity contribution in [3.05, 3.63) is 59.7 Å². The molecule has 2 fully saturated rings. The third-order valence-corrected chi connectivity index (χ3v) is 7.47. The first-order valence-corrected chi connectivity index (χ1v) is 11.7. The van der Waals surface area contributed by atoms with Gasteiger partial charge in [0.1, 0.15) is 0 Å². The van der Waals surface area contributed by atoms with E-state index in [1.54, 1.807) is 17.0 Å². The highest BCUT2D eigenvalue weighted by Crippen LogP contribution is 2.23. The maximum absolute atomic E-state index is 12.7. The number of rotatable bonds is 6. The Morgan fingerprint density at radius 1 is 0.967 bits per heavy atom. The zero-order valence-electron chi connectivity index (χ0n) is 16.7. The van der Waals surface area contributed by atoms with Crippen molar-refractivity contribution in [2.75, 3.05) is 24.5 Å². The molecule has 2 aliphatic rings. The second kappa shape index (κ2) is 8.57. The summed E-state index contributed by atoms with van der Waals surface area (Å²) >= 11 is 0. The van der Waals surface area contributed by atoms with E-state index in [1.165, 1.54) is 16.4 Å². The molecule has 2 heterocycles. The standard InChI is InChI=1S/C22H25N3O4S/c26-21-7-4-14-25(21)19-10-8-17(9-11-19)16-23-22(27)18-5-3-6-20(15-18)30(28,29)24-12-1-2-13-24/h3,5-6,8-11,15H,1-2,4,7,12-14,16H2,(H,23,27). The van der Waals surface area contributed by atoms with Crippen LogP contribution < -0.4 is 10.2 Å². The number of nitrogens with one attached hydrogen (secondary N) is 1. The second-order valence-corrected chi connectivity index (χ2v) is 9.58. The third kappa shape index (κ3) is 4.24. The molecule has 158 valence electrons. The molecule has 1 N–H and O–H groups in total. The molecule has 0 radical (unpaired) electrons. The lowest BCUT2D eigenvalue weighted by molar-refractivity contribution is -0.117. The Morgan fingerprint density at radius 3 is 2.37 bits per heavy atom. The van der Waals surface area contributed by atoms with Gasteiger partial charge in [0.05, 0.1) is 4.90 Å². The first-order chi connectivity index (χ1) is 14.4. The first-order valence-electron chi connectivity index (χ1n) is 10.2. The van der Waals surface area contributed by atoms with Gasteiger partial charge in [-0.15, -0.1) is 0 Å². The summed E-state index contributed by atoms with van der Waals surface area (Å²) in [6.45, 7) is 2.11. The molecule has 2 aromatic rings. The maximum atomic E-state index is 12.7. The Bertz CT molecular complexity index is 1040. The van der Waals surface area contributed by atoms with Gasteiger partial charge in [0.15, 0.2) is 0 Å². The van der Waals surface area contributed by atoms with Crippen molar-refractivity contribution in [1.82, 2.24) is 9.62 Å². The topological polar surface area (TPSA) is 86.8 Å². The minimum atomic E-state index is -3.56. The van der Waals surface area contributed by atoms with Crippen LogP contribution in [0.1, 0.15) is 41.6 Å². The van der Waals surface area contributed by atoms with Crippen LogP contribution in [0.2, 0.25) is 0 Å². The van der Waals surface area contributed by atoms with Gasteiger partial charge in [0.25, 0.3) is 5.91 Å². The highest BCUT2D eigenvalue weighted by atomic mass is 32.2. The number of sulfonamides is 1. The summed E-state index contributed by atoms with van der Waals surface area (Å²) in [5.74, 6) is -0.188. The summed E-state index contributed by atoms with van der Waals surface area (Å²) in [5, 5.41) is 2.83. The fourth-order valence-electron chi connectivity index (χ4n) is 3.87. The van der Waals surface area contributed by atoms with E-state index >= 15 is 0 Å². The van der Waals surface area contributed by atoms with E-state index in [1.807, 2.05) is 24.3 Å². The Labute approximate surface area is 176 Å². The number of nitrogens with zero attached hydrogens (tertiary/aromatic N) is 2. The van der Waals surface area contributed by atoms with Crippen molar-refractivity contribution in [3.8, 4) is 0 Å². The molecule has 4 rings (SSSR count). The number of carbonyl (C=O) groups is 2. The highest BCUT2D eigenvalue weighted by Gasteiger charge is 2.27. The zero-order valence-corrected chi connectivity index (χ0v) is 17.5. The van der Waals surface area contributed by atoms with Gasteiger partial charge in [-0.3, -0.25) is 9.59 Å². The summed E-state index contributed by atoms with van der Waals surface area (Å²) in [6.07, 6.45) is 3.20. The molecule has 30 heavy (non-hydrogen) atoms. The molecule has 2 aliphatic heterocycles. The number of hydrogen-bond acceptors (Lipinski definition) is 4. The summed E-state index contributed by atoms with van der Waals surface area (Å²) in [7, 11) is -3.56. The number of hydrogen-bond donors (Lipinski definition) is 1.